The average molecular weight is 375 g/mol. The van der Waals surface area contributed by atoms with Crippen LogP contribution in [0.4, 0.5) is 5.69 Å². The van der Waals surface area contributed by atoms with Gasteiger partial charge in [0.1, 0.15) is 0 Å². The number of nitrogens with zero attached hydrogens (tertiary/aromatic N) is 1. The van der Waals surface area contributed by atoms with Gasteiger partial charge in [-0.05, 0) is 51.3 Å². The van der Waals surface area contributed by atoms with E-state index in [4.69, 9.17) is 9.47 Å². The predicted molar refractivity (Wildman–Crippen MR) is 99.9 cm³/mol. The van der Waals surface area contributed by atoms with Crippen molar-refractivity contribution in [1.82, 2.24) is 10.2 Å². The standard InChI is InChI=1S/C19H25N3O5/c1-19(2)26-17(24)15(18(25)27-19)12-21-14-8-6-13(7-9-14)16(23)20-10-5-11-22(3)4/h6-9,12,21H,5,10-11H2,1-4H3,(H,20,23). The highest BCUT2D eigenvalue weighted by atomic mass is 16.7. The highest BCUT2D eigenvalue weighted by molar-refractivity contribution is 6.15. The Morgan fingerprint density at radius 1 is 1.11 bits per heavy atom. The summed E-state index contributed by atoms with van der Waals surface area (Å²) in [5.74, 6) is -2.93. The van der Waals surface area contributed by atoms with Gasteiger partial charge in [-0.1, -0.05) is 0 Å². The van der Waals surface area contributed by atoms with Gasteiger partial charge in [-0.15, -0.1) is 0 Å². The van der Waals surface area contributed by atoms with E-state index in [1.165, 1.54) is 20.0 Å². The van der Waals surface area contributed by atoms with Crippen LogP contribution in [-0.2, 0) is 19.1 Å². The molecule has 0 spiro atoms. The first kappa shape index (κ1) is 20.4. The second kappa shape index (κ2) is 8.68. The quantitative estimate of drug-likeness (QED) is 0.323. The zero-order valence-corrected chi connectivity index (χ0v) is 16.0. The van der Waals surface area contributed by atoms with E-state index < -0.39 is 17.7 Å². The third-order valence-corrected chi connectivity index (χ3v) is 3.71. The number of carbonyl (C=O) groups is 3. The van der Waals surface area contributed by atoms with Gasteiger partial charge in [-0.2, -0.15) is 0 Å². The molecule has 1 heterocycles. The van der Waals surface area contributed by atoms with Crippen molar-refractivity contribution in [3.8, 4) is 0 Å². The normalized spacial score (nSPS) is 15.8. The third-order valence-electron chi connectivity index (χ3n) is 3.71. The molecule has 0 bridgehead atoms. The van der Waals surface area contributed by atoms with Gasteiger partial charge < -0.3 is 25.0 Å². The summed E-state index contributed by atoms with van der Waals surface area (Å²) in [6.45, 7) is 4.47. The topological polar surface area (TPSA) is 97.0 Å². The Hall–Kier alpha value is -2.87. The number of nitrogens with one attached hydrogen (secondary N) is 2. The first-order valence-corrected chi connectivity index (χ1v) is 8.64. The summed E-state index contributed by atoms with van der Waals surface area (Å²) >= 11 is 0. The Balaban J connectivity index is 1.91. The first-order valence-electron chi connectivity index (χ1n) is 8.64. The van der Waals surface area contributed by atoms with Crippen molar-refractivity contribution < 1.29 is 23.9 Å². The Labute approximate surface area is 158 Å². The Kier molecular flexibility index (Phi) is 6.57. The summed E-state index contributed by atoms with van der Waals surface area (Å²) < 4.78 is 10.0. The van der Waals surface area contributed by atoms with Crippen molar-refractivity contribution in [3.05, 3.63) is 41.6 Å². The van der Waals surface area contributed by atoms with E-state index in [2.05, 4.69) is 15.5 Å². The van der Waals surface area contributed by atoms with E-state index in [-0.39, 0.29) is 11.5 Å². The minimum Gasteiger partial charge on any atom is -0.419 e. The van der Waals surface area contributed by atoms with Gasteiger partial charge in [-0.3, -0.25) is 4.79 Å². The summed E-state index contributed by atoms with van der Waals surface area (Å²) in [5, 5.41) is 5.69. The summed E-state index contributed by atoms with van der Waals surface area (Å²) in [5.41, 5.74) is 0.908. The van der Waals surface area contributed by atoms with Gasteiger partial charge in [0.2, 0.25) is 0 Å². The number of amides is 1. The minimum absolute atomic E-state index is 0.152. The van der Waals surface area contributed by atoms with Crippen molar-refractivity contribution in [2.45, 2.75) is 26.1 Å². The average Bonchev–Trinajstić information content (AvgIpc) is 2.57. The fourth-order valence-corrected chi connectivity index (χ4v) is 2.35. The van der Waals surface area contributed by atoms with Crippen molar-refractivity contribution in [1.29, 1.82) is 0 Å². The summed E-state index contributed by atoms with van der Waals surface area (Å²) in [7, 11) is 3.97. The van der Waals surface area contributed by atoms with Crippen LogP contribution in [0.5, 0.6) is 0 Å². The molecule has 1 amide bonds. The molecule has 2 rings (SSSR count). The molecule has 1 aliphatic rings. The van der Waals surface area contributed by atoms with Crippen LogP contribution in [0.15, 0.2) is 36.0 Å². The molecule has 1 aromatic rings. The molecule has 1 fully saturated rings. The molecule has 0 aromatic heterocycles. The van der Waals surface area contributed by atoms with Gasteiger partial charge >= 0.3 is 11.9 Å². The lowest BCUT2D eigenvalue weighted by Crippen LogP contribution is -2.42. The minimum atomic E-state index is -1.27. The number of ether oxygens (including phenoxy) is 2. The van der Waals surface area contributed by atoms with Gasteiger partial charge in [0, 0.05) is 37.8 Å². The molecule has 1 aliphatic heterocycles. The van der Waals surface area contributed by atoms with Gasteiger partial charge in [-0.25, -0.2) is 9.59 Å². The second-order valence-electron chi connectivity index (χ2n) is 6.87. The van der Waals surface area contributed by atoms with Crippen molar-refractivity contribution in [3.63, 3.8) is 0 Å². The number of carbonyl (C=O) groups excluding carboxylic acids is 3. The molecule has 0 radical (unpaired) electrons. The van der Waals surface area contributed by atoms with E-state index in [9.17, 15) is 14.4 Å². The Bertz CT molecular complexity index is 716. The van der Waals surface area contributed by atoms with Crippen LogP contribution in [-0.4, -0.2) is 55.7 Å². The maximum Gasteiger partial charge on any atom is 0.350 e. The molecule has 27 heavy (non-hydrogen) atoms. The van der Waals surface area contributed by atoms with Gasteiger partial charge in [0.25, 0.3) is 11.7 Å². The van der Waals surface area contributed by atoms with Crippen LogP contribution >= 0.6 is 0 Å². The maximum atomic E-state index is 12.1. The van der Waals surface area contributed by atoms with Crippen LogP contribution in [0.2, 0.25) is 0 Å². The largest absolute Gasteiger partial charge is 0.419 e. The SMILES string of the molecule is CN(C)CCCNC(=O)c1ccc(NC=C2C(=O)OC(C)(C)OC2=O)cc1. The highest BCUT2D eigenvalue weighted by Crippen LogP contribution is 2.22. The smallest absolute Gasteiger partial charge is 0.350 e. The predicted octanol–water partition coefficient (Wildman–Crippen LogP) is 1.50. The number of cyclic esters (lactones) is 2. The van der Waals surface area contributed by atoms with Crippen LogP contribution in [0, 0.1) is 0 Å². The molecule has 0 saturated carbocycles. The lowest BCUT2D eigenvalue weighted by molar-refractivity contribution is -0.222. The molecule has 1 saturated heterocycles. The number of benzene rings is 1. The lowest BCUT2D eigenvalue weighted by Gasteiger charge is -2.29. The van der Waals surface area contributed by atoms with E-state index >= 15 is 0 Å². The summed E-state index contributed by atoms with van der Waals surface area (Å²) in [6, 6.07) is 6.66. The third kappa shape index (κ3) is 6.10. The molecule has 8 heteroatoms. The number of hydrogen-bond acceptors (Lipinski definition) is 7. The number of hydrogen-bond donors (Lipinski definition) is 2. The van der Waals surface area contributed by atoms with Crippen LogP contribution < -0.4 is 10.6 Å². The van der Waals surface area contributed by atoms with E-state index in [0.717, 1.165) is 13.0 Å². The lowest BCUT2D eigenvalue weighted by atomic mass is 10.2. The molecule has 0 atom stereocenters. The van der Waals surface area contributed by atoms with Gasteiger partial charge in [0.15, 0.2) is 5.57 Å². The molecular formula is C19H25N3O5. The highest BCUT2D eigenvalue weighted by Gasteiger charge is 2.38. The zero-order chi connectivity index (χ0) is 20.0. The number of esters is 2. The Morgan fingerprint density at radius 3 is 2.26 bits per heavy atom. The van der Waals surface area contributed by atoms with E-state index in [0.29, 0.717) is 17.8 Å². The first-order chi connectivity index (χ1) is 12.7. The molecule has 1 aromatic carbocycles. The van der Waals surface area contributed by atoms with Crippen LogP contribution in [0.3, 0.4) is 0 Å². The molecule has 146 valence electrons. The molecular weight excluding hydrogens is 350 g/mol. The number of rotatable bonds is 7. The van der Waals surface area contributed by atoms with Crippen LogP contribution in [0.1, 0.15) is 30.6 Å². The van der Waals surface area contributed by atoms with Crippen LogP contribution in [0.25, 0.3) is 0 Å². The molecule has 0 aliphatic carbocycles. The van der Waals surface area contributed by atoms with Crippen molar-refractivity contribution in [2.24, 2.45) is 0 Å². The zero-order valence-electron chi connectivity index (χ0n) is 16.0. The fourth-order valence-electron chi connectivity index (χ4n) is 2.35. The number of anilines is 1. The van der Waals surface area contributed by atoms with Crippen molar-refractivity contribution in [2.75, 3.05) is 32.5 Å². The molecule has 0 unspecified atom stereocenters. The van der Waals surface area contributed by atoms with E-state index in [1.807, 2.05) is 14.1 Å². The summed E-state index contributed by atoms with van der Waals surface area (Å²) in [4.78, 5) is 37.9. The maximum absolute atomic E-state index is 12.1. The fraction of sp³-hybridized carbons (Fsp3) is 0.421. The van der Waals surface area contributed by atoms with Crippen molar-refractivity contribution >= 4 is 23.5 Å². The summed E-state index contributed by atoms with van der Waals surface area (Å²) in [6.07, 6.45) is 2.10. The Morgan fingerprint density at radius 2 is 1.70 bits per heavy atom. The molecule has 2 N–H and O–H groups in total. The molecule has 8 nitrogen and oxygen atoms in total. The monoisotopic (exact) mass is 375 g/mol. The van der Waals surface area contributed by atoms with Gasteiger partial charge in [0.05, 0.1) is 0 Å². The van der Waals surface area contributed by atoms with E-state index in [1.54, 1.807) is 24.3 Å². The second-order valence-corrected chi connectivity index (χ2v) is 6.87.